The largest absolute Gasteiger partial charge is 0.492 e. The first-order valence-electron chi connectivity index (χ1n) is 5.97. The fourth-order valence-electron chi connectivity index (χ4n) is 2.10. The highest BCUT2D eigenvalue weighted by molar-refractivity contribution is 5.28. The van der Waals surface area contributed by atoms with Crippen molar-refractivity contribution in [2.45, 2.75) is 20.8 Å². The van der Waals surface area contributed by atoms with E-state index in [1.54, 1.807) is 7.11 Å². The summed E-state index contributed by atoms with van der Waals surface area (Å²) in [5, 5.41) is 0. The number of benzene rings is 2. The van der Waals surface area contributed by atoms with Gasteiger partial charge in [0.2, 0.25) is 3.57 Å². The lowest BCUT2D eigenvalue weighted by molar-refractivity contribution is -0.599. The summed E-state index contributed by atoms with van der Waals surface area (Å²) in [6.45, 7) is 6.58. The lowest BCUT2D eigenvalue weighted by Gasteiger charge is -2.02. The molecule has 0 amide bonds. The third-order valence-electron chi connectivity index (χ3n) is 2.83. The molecule has 0 saturated carbocycles. The van der Waals surface area contributed by atoms with Crippen LogP contribution in [0.2, 0.25) is 0 Å². The van der Waals surface area contributed by atoms with Crippen molar-refractivity contribution < 1.29 is 25.9 Å². The van der Waals surface area contributed by atoms with E-state index in [0.717, 1.165) is 5.75 Å². The second-order valence-electron chi connectivity index (χ2n) is 4.44. The molecule has 0 heterocycles. The maximum absolute atomic E-state index is 5.45. The molecule has 0 aliphatic heterocycles. The molecule has 0 atom stereocenters. The average Bonchev–Trinajstić information content (AvgIpc) is 2.34. The van der Waals surface area contributed by atoms with Crippen LogP contribution in [-0.2, 0) is 0 Å². The van der Waals surface area contributed by atoms with Gasteiger partial charge in [0.1, 0.15) is 0 Å². The minimum Gasteiger partial charge on any atom is -0.492 e. The van der Waals surface area contributed by atoms with Crippen molar-refractivity contribution in [2.24, 2.45) is 0 Å². The van der Waals surface area contributed by atoms with Crippen LogP contribution < -0.4 is 25.9 Å². The molecule has 0 aliphatic rings. The lowest BCUT2D eigenvalue weighted by atomic mass is 10.1. The average molecular weight is 353 g/mol. The van der Waals surface area contributed by atoms with Crippen molar-refractivity contribution in [2.75, 3.05) is 7.11 Å². The van der Waals surface area contributed by atoms with Crippen molar-refractivity contribution in [3.05, 3.63) is 60.2 Å². The van der Waals surface area contributed by atoms with Crippen LogP contribution in [0.1, 0.15) is 16.7 Å². The van der Waals surface area contributed by atoms with Crippen LogP contribution in [-0.4, -0.2) is 7.11 Å². The predicted molar refractivity (Wildman–Crippen MR) is 71.0 cm³/mol. The minimum atomic E-state index is -0.181. The molecule has 2 aromatic carbocycles. The van der Waals surface area contributed by atoms with E-state index >= 15 is 0 Å². The zero-order chi connectivity index (χ0) is 13.1. The number of hydrogen-bond donors (Lipinski definition) is 0. The molecule has 0 bridgehead atoms. The molecule has 0 aromatic heterocycles. The summed E-state index contributed by atoms with van der Waals surface area (Å²) in [6, 6.07) is 12.9. The van der Waals surface area contributed by atoms with Gasteiger partial charge in [-0.25, -0.2) is 0 Å². The van der Waals surface area contributed by atoms with Gasteiger partial charge >= 0.3 is 21.2 Å². The SMILES string of the molecule is COc1ccccc1[I+]c1c(C)cc(C)cc1C. The van der Waals surface area contributed by atoms with Gasteiger partial charge in [-0.3, -0.25) is 0 Å². The highest BCUT2D eigenvalue weighted by Crippen LogP contribution is 2.10. The Bertz CT molecular complexity index is 538. The van der Waals surface area contributed by atoms with Gasteiger partial charge < -0.3 is 4.74 Å². The standard InChI is InChI=1S/C16H18IO/c1-11-9-12(2)16(13(3)10-11)17-14-7-5-6-8-15(14)18-4/h5-10H,1-4H3/q+1. The monoisotopic (exact) mass is 353 g/mol. The normalized spacial score (nSPS) is 10.4. The summed E-state index contributed by atoms with van der Waals surface area (Å²) >= 11 is -0.181. The third kappa shape index (κ3) is 2.86. The minimum absolute atomic E-state index is 0.181. The van der Waals surface area contributed by atoms with Crippen LogP contribution in [0.3, 0.4) is 0 Å². The van der Waals surface area contributed by atoms with Crippen molar-refractivity contribution in [3.8, 4) is 5.75 Å². The van der Waals surface area contributed by atoms with Gasteiger partial charge in [0.15, 0.2) is 9.32 Å². The Morgan fingerprint density at radius 3 is 2.17 bits per heavy atom. The van der Waals surface area contributed by atoms with E-state index in [2.05, 4.69) is 45.0 Å². The Kier molecular flexibility index (Phi) is 4.27. The first kappa shape index (κ1) is 13.4. The fraction of sp³-hybridized carbons (Fsp3) is 0.250. The van der Waals surface area contributed by atoms with Crippen LogP contribution >= 0.6 is 0 Å². The second-order valence-corrected chi connectivity index (χ2v) is 7.22. The molecule has 0 saturated heterocycles. The van der Waals surface area contributed by atoms with Gasteiger partial charge in [-0.05, 0) is 32.9 Å². The second kappa shape index (κ2) is 5.74. The lowest BCUT2D eigenvalue weighted by Crippen LogP contribution is -3.62. The van der Waals surface area contributed by atoms with Gasteiger partial charge in [-0.15, -0.1) is 0 Å². The summed E-state index contributed by atoms with van der Waals surface area (Å²) in [5.74, 6) is 1.02. The number of rotatable bonds is 3. The first-order valence-corrected chi connectivity index (χ1v) is 8.13. The van der Waals surface area contributed by atoms with Gasteiger partial charge in [0.25, 0.3) is 0 Å². The van der Waals surface area contributed by atoms with Crippen LogP contribution in [0.15, 0.2) is 36.4 Å². The van der Waals surface area contributed by atoms with Crippen molar-refractivity contribution >= 4 is 0 Å². The van der Waals surface area contributed by atoms with E-state index in [0.29, 0.717) is 0 Å². The highest BCUT2D eigenvalue weighted by atomic mass is 127. The molecule has 0 aliphatic carbocycles. The zero-order valence-corrected chi connectivity index (χ0v) is 13.4. The molecule has 94 valence electrons. The smallest absolute Gasteiger partial charge is 0.362 e. The van der Waals surface area contributed by atoms with Gasteiger partial charge in [-0.2, -0.15) is 0 Å². The Morgan fingerprint density at radius 2 is 1.56 bits per heavy atom. The topological polar surface area (TPSA) is 9.23 Å². The van der Waals surface area contributed by atoms with E-state index in [1.165, 1.54) is 23.8 Å². The number of ether oxygens (including phenoxy) is 1. The Morgan fingerprint density at radius 1 is 0.944 bits per heavy atom. The maximum atomic E-state index is 5.45. The molecule has 0 unspecified atom stereocenters. The van der Waals surface area contributed by atoms with Crippen molar-refractivity contribution in [1.29, 1.82) is 0 Å². The van der Waals surface area contributed by atoms with Crippen LogP contribution in [0.25, 0.3) is 0 Å². The number of hydrogen-bond acceptors (Lipinski definition) is 1. The molecular weight excluding hydrogens is 335 g/mol. The Balaban J connectivity index is 2.40. The summed E-state index contributed by atoms with van der Waals surface area (Å²) in [4.78, 5) is 0. The van der Waals surface area contributed by atoms with E-state index in [-0.39, 0.29) is 21.2 Å². The fourth-order valence-corrected chi connectivity index (χ4v) is 4.90. The van der Waals surface area contributed by atoms with E-state index in [9.17, 15) is 0 Å². The number of halogens is 1. The number of aryl methyl sites for hydroxylation is 3. The van der Waals surface area contributed by atoms with Crippen LogP contribution in [0.5, 0.6) is 5.75 Å². The molecule has 1 nitrogen and oxygen atoms in total. The van der Waals surface area contributed by atoms with E-state index in [1.807, 2.05) is 12.1 Å². The summed E-state index contributed by atoms with van der Waals surface area (Å²) in [6.07, 6.45) is 0. The van der Waals surface area contributed by atoms with Crippen molar-refractivity contribution in [1.82, 2.24) is 0 Å². The first-order chi connectivity index (χ1) is 8.61. The summed E-state index contributed by atoms with van der Waals surface area (Å²) in [5.41, 5.74) is 4.16. The third-order valence-corrected chi connectivity index (χ3v) is 6.55. The Hall–Kier alpha value is -1.03. The van der Waals surface area contributed by atoms with Crippen LogP contribution in [0, 0.1) is 27.9 Å². The molecule has 18 heavy (non-hydrogen) atoms. The zero-order valence-electron chi connectivity index (χ0n) is 11.3. The van der Waals surface area contributed by atoms with Crippen LogP contribution in [0.4, 0.5) is 0 Å². The molecular formula is C16H18IO+. The molecule has 0 fully saturated rings. The molecule has 0 N–H and O–H groups in total. The molecule has 0 spiro atoms. The van der Waals surface area contributed by atoms with E-state index < -0.39 is 0 Å². The molecule has 2 heteroatoms. The highest BCUT2D eigenvalue weighted by Gasteiger charge is 2.24. The number of para-hydroxylation sites is 1. The van der Waals surface area contributed by atoms with Crippen molar-refractivity contribution in [3.63, 3.8) is 0 Å². The quantitative estimate of drug-likeness (QED) is 0.740. The van der Waals surface area contributed by atoms with Gasteiger partial charge in [-0.1, -0.05) is 29.8 Å². The summed E-state index contributed by atoms with van der Waals surface area (Å²) in [7, 11) is 1.75. The van der Waals surface area contributed by atoms with E-state index in [4.69, 9.17) is 4.74 Å². The molecule has 2 rings (SSSR count). The van der Waals surface area contributed by atoms with Gasteiger partial charge in [0, 0.05) is 11.1 Å². The molecule has 0 radical (unpaired) electrons. The predicted octanol–water partition coefficient (Wildman–Crippen LogP) is 0.749. The van der Waals surface area contributed by atoms with Gasteiger partial charge in [0.05, 0.1) is 7.11 Å². The maximum Gasteiger partial charge on any atom is 0.362 e. The Labute approximate surface area is 119 Å². The molecule has 2 aromatic rings. The summed E-state index contributed by atoms with van der Waals surface area (Å²) < 4.78 is 8.32. The number of methoxy groups -OCH3 is 1.